The summed E-state index contributed by atoms with van der Waals surface area (Å²) in [4.78, 5) is 48.8. The third-order valence-electron chi connectivity index (χ3n) is 8.99. The molecule has 3 aliphatic heterocycles. The molecular weight excluding hydrogens is 534 g/mol. The number of carbonyl (C=O) groups is 3. The molecule has 2 bridgehead atoms. The third-order valence-corrected chi connectivity index (χ3v) is 10.9. The van der Waals surface area contributed by atoms with Crippen LogP contribution in [-0.4, -0.2) is 80.9 Å². The Balaban J connectivity index is 1.84. The van der Waals surface area contributed by atoms with Gasteiger partial charge in [-0.3, -0.25) is 14.4 Å². The number of likely N-dealkylation sites (tertiary alicyclic amines) is 1. The van der Waals surface area contributed by atoms with Crippen molar-refractivity contribution < 1.29 is 19.5 Å². The molecule has 3 fully saturated rings. The third kappa shape index (κ3) is 5.50. The van der Waals surface area contributed by atoms with E-state index >= 15 is 0 Å². The van der Waals surface area contributed by atoms with Crippen LogP contribution in [0.25, 0.3) is 0 Å². The molecule has 3 amide bonds. The Morgan fingerprint density at radius 1 is 1.20 bits per heavy atom. The van der Waals surface area contributed by atoms with Gasteiger partial charge in [-0.1, -0.05) is 45.1 Å². The van der Waals surface area contributed by atoms with Crippen LogP contribution >= 0.6 is 11.8 Å². The van der Waals surface area contributed by atoms with Crippen LogP contribution in [-0.2, 0) is 14.4 Å². The van der Waals surface area contributed by atoms with Crippen LogP contribution in [0.15, 0.2) is 43.5 Å². The van der Waals surface area contributed by atoms with Gasteiger partial charge in [-0.2, -0.15) is 0 Å². The SMILES string of the molecule is C=CCN(CCC)C(=O)[C@@H]1[C@H]2C(=O)N([C@@H](CO)CC(C)C)C(C(=O)N(CC=C)c3cc(C)ccc3C)C23CC[C@H]1S3. The molecule has 1 N–H and O–H groups in total. The standard InChI is InChI=1S/C33H47N3O4S/c1-8-15-34(16-9-2)30(38)27-26-13-14-33(41-26)28(27)31(39)36(24(20-37)18-21(4)5)29(33)32(40)35(17-10-3)25-19-22(6)11-12-23(25)7/h8,10-12,19,21,24,26-29,37H,1,3,9,13-18,20H2,2,4-7H3/t24-,26-,27+,28+,29?,33?/m1/s1. The molecule has 41 heavy (non-hydrogen) atoms. The van der Waals surface area contributed by atoms with Crippen LogP contribution in [0.3, 0.4) is 0 Å². The number of carbonyl (C=O) groups excluding carboxylic acids is 3. The molecule has 1 spiro atoms. The van der Waals surface area contributed by atoms with Gasteiger partial charge in [0.2, 0.25) is 11.8 Å². The van der Waals surface area contributed by atoms with Crippen molar-refractivity contribution in [2.45, 2.75) is 82.4 Å². The van der Waals surface area contributed by atoms with Crippen molar-refractivity contribution in [3.8, 4) is 0 Å². The molecule has 2 unspecified atom stereocenters. The number of rotatable bonds is 13. The van der Waals surface area contributed by atoms with Crippen LogP contribution in [0.1, 0.15) is 57.6 Å². The number of aliphatic hydroxyl groups is 1. The second-order valence-electron chi connectivity index (χ2n) is 12.4. The molecule has 0 saturated carbocycles. The molecule has 3 saturated heterocycles. The van der Waals surface area contributed by atoms with E-state index in [1.54, 1.807) is 33.7 Å². The molecule has 0 aliphatic carbocycles. The van der Waals surface area contributed by atoms with Gasteiger partial charge in [0.1, 0.15) is 6.04 Å². The lowest BCUT2D eigenvalue weighted by Crippen LogP contribution is -2.58. The zero-order chi connectivity index (χ0) is 30.1. The Morgan fingerprint density at radius 3 is 2.51 bits per heavy atom. The second kappa shape index (κ2) is 12.7. The minimum atomic E-state index is -0.775. The maximum atomic E-state index is 14.9. The summed E-state index contributed by atoms with van der Waals surface area (Å²) in [5, 5.41) is 10.6. The Hall–Kier alpha value is -2.58. The molecule has 4 rings (SSSR count). The monoisotopic (exact) mass is 581 g/mol. The number of thioether (sulfide) groups is 1. The first kappa shape index (κ1) is 31.4. The highest BCUT2D eigenvalue weighted by molar-refractivity contribution is 8.02. The number of amides is 3. The van der Waals surface area contributed by atoms with Gasteiger partial charge in [0.25, 0.3) is 5.91 Å². The summed E-state index contributed by atoms with van der Waals surface area (Å²) in [7, 11) is 0. The van der Waals surface area contributed by atoms with E-state index in [1.165, 1.54) is 0 Å². The summed E-state index contributed by atoms with van der Waals surface area (Å²) in [6, 6.07) is 4.76. The first-order chi connectivity index (χ1) is 19.6. The van der Waals surface area contributed by atoms with Crippen LogP contribution < -0.4 is 4.90 Å². The highest BCUT2D eigenvalue weighted by Gasteiger charge is 2.74. The molecule has 3 aliphatic rings. The Kier molecular flexibility index (Phi) is 9.74. The number of nitrogens with zero attached hydrogens (tertiary/aromatic N) is 3. The molecule has 224 valence electrons. The molecule has 1 aromatic carbocycles. The van der Waals surface area contributed by atoms with E-state index in [4.69, 9.17) is 0 Å². The zero-order valence-corrected chi connectivity index (χ0v) is 26.2. The van der Waals surface area contributed by atoms with E-state index in [2.05, 4.69) is 27.0 Å². The van der Waals surface area contributed by atoms with E-state index in [9.17, 15) is 19.5 Å². The van der Waals surface area contributed by atoms with Gasteiger partial charge < -0.3 is 19.8 Å². The summed E-state index contributed by atoms with van der Waals surface area (Å²) < 4.78 is -0.716. The van der Waals surface area contributed by atoms with Gasteiger partial charge in [0, 0.05) is 30.6 Å². The van der Waals surface area contributed by atoms with E-state index in [-0.39, 0.29) is 35.5 Å². The lowest BCUT2D eigenvalue weighted by Gasteiger charge is -2.40. The van der Waals surface area contributed by atoms with E-state index in [0.29, 0.717) is 32.5 Å². The van der Waals surface area contributed by atoms with Crippen molar-refractivity contribution in [3.05, 3.63) is 54.6 Å². The molecule has 3 heterocycles. The van der Waals surface area contributed by atoms with E-state index in [0.717, 1.165) is 29.7 Å². The lowest BCUT2D eigenvalue weighted by molar-refractivity contribution is -0.145. The first-order valence-electron chi connectivity index (χ1n) is 15.1. The van der Waals surface area contributed by atoms with Gasteiger partial charge in [-0.25, -0.2) is 0 Å². The lowest BCUT2D eigenvalue weighted by atomic mass is 9.70. The van der Waals surface area contributed by atoms with Gasteiger partial charge >= 0.3 is 0 Å². The fraction of sp³-hybridized carbons (Fsp3) is 0.606. The normalized spacial score (nSPS) is 27.2. The minimum absolute atomic E-state index is 0.00990. The van der Waals surface area contributed by atoms with E-state index < -0.39 is 28.7 Å². The topological polar surface area (TPSA) is 81.2 Å². The molecular formula is C33H47N3O4S. The maximum Gasteiger partial charge on any atom is 0.251 e. The highest BCUT2D eigenvalue weighted by atomic mass is 32.2. The molecule has 0 aromatic heterocycles. The fourth-order valence-corrected chi connectivity index (χ4v) is 9.58. The Morgan fingerprint density at radius 2 is 1.90 bits per heavy atom. The molecule has 1 aromatic rings. The number of hydrogen-bond donors (Lipinski definition) is 1. The number of benzene rings is 1. The quantitative estimate of drug-likeness (QED) is 0.340. The summed E-state index contributed by atoms with van der Waals surface area (Å²) >= 11 is 1.68. The first-order valence-corrected chi connectivity index (χ1v) is 15.9. The van der Waals surface area contributed by atoms with Crippen molar-refractivity contribution in [1.29, 1.82) is 0 Å². The van der Waals surface area contributed by atoms with Gasteiger partial charge in [-0.05, 0) is 62.6 Å². The molecule has 6 atom stereocenters. The van der Waals surface area contributed by atoms with Gasteiger partial charge in [-0.15, -0.1) is 24.9 Å². The van der Waals surface area contributed by atoms with Gasteiger partial charge in [0.05, 0.1) is 29.2 Å². The molecule has 7 nitrogen and oxygen atoms in total. The predicted molar refractivity (Wildman–Crippen MR) is 167 cm³/mol. The summed E-state index contributed by atoms with van der Waals surface area (Å²) in [5.41, 5.74) is 2.81. The summed E-state index contributed by atoms with van der Waals surface area (Å²) in [6.45, 7) is 19.0. The van der Waals surface area contributed by atoms with Crippen LogP contribution in [0.5, 0.6) is 0 Å². The van der Waals surface area contributed by atoms with Crippen molar-refractivity contribution in [2.24, 2.45) is 17.8 Å². The number of aryl methyl sites for hydroxylation is 2. The minimum Gasteiger partial charge on any atom is -0.394 e. The average Bonchev–Trinajstić information content (AvgIpc) is 3.58. The second-order valence-corrected chi connectivity index (χ2v) is 14.0. The summed E-state index contributed by atoms with van der Waals surface area (Å²) in [6.07, 6.45) is 6.32. The van der Waals surface area contributed by atoms with Crippen LogP contribution in [0.2, 0.25) is 0 Å². The van der Waals surface area contributed by atoms with Crippen LogP contribution in [0.4, 0.5) is 5.69 Å². The smallest absolute Gasteiger partial charge is 0.251 e. The largest absolute Gasteiger partial charge is 0.394 e. The van der Waals surface area contributed by atoms with Crippen molar-refractivity contribution >= 4 is 35.2 Å². The Labute approximate surface area is 250 Å². The maximum absolute atomic E-state index is 14.9. The van der Waals surface area contributed by atoms with Crippen molar-refractivity contribution in [2.75, 3.05) is 31.1 Å². The number of aliphatic hydroxyl groups excluding tert-OH is 1. The zero-order valence-electron chi connectivity index (χ0n) is 25.3. The number of fused-ring (bicyclic) bond motifs is 1. The van der Waals surface area contributed by atoms with Gasteiger partial charge in [0.15, 0.2) is 0 Å². The molecule has 8 heteroatoms. The summed E-state index contributed by atoms with van der Waals surface area (Å²) in [5.74, 6) is -1.20. The fourth-order valence-electron chi connectivity index (χ4n) is 7.39. The average molecular weight is 582 g/mol. The predicted octanol–water partition coefficient (Wildman–Crippen LogP) is 4.75. The Bertz CT molecular complexity index is 1190. The molecule has 0 radical (unpaired) electrons. The number of hydrogen-bond acceptors (Lipinski definition) is 5. The van der Waals surface area contributed by atoms with Crippen molar-refractivity contribution in [1.82, 2.24) is 9.80 Å². The van der Waals surface area contributed by atoms with Crippen molar-refractivity contribution in [3.63, 3.8) is 0 Å². The van der Waals surface area contributed by atoms with E-state index in [1.807, 2.05) is 43.9 Å². The number of anilines is 1. The highest BCUT2D eigenvalue weighted by Crippen LogP contribution is 2.67. The van der Waals surface area contributed by atoms with Crippen LogP contribution in [0, 0.1) is 31.6 Å².